The maximum Gasteiger partial charge on any atom is 0.346 e. The summed E-state index contributed by atoms with van der Waals surface area (Å²) in [6.45, 7) is 7.10. The third-order valence-corrected chi connectivity index (χ3v) is 2.95. The molecule has 0 amide bonds. The van der Waals surface area contributed by atoms with Crippen molar-refractivity contribution in [3.63, 3.8) is 0 Å². The van der Waals surface area contributed by atoms with Crippen molar-refractivity contribution in [1.29, 1.82) is 0 Å². The van der Waals surface area contributed by atoms with E-state index in [9.17, 15) is 0 Å². The Morgan fingerprint density at radius 2 is 1.52 bits per heavy atom. The SMILES string of the molecule is CCOC(OCC)(OCC)c1nccn1-c1ccccc1. The van der Waals surface area contributed by atoms with E-state index < -0.39 is 5.97 Å². The van der Waals surface area contributed by atoms with Crippen LogP contribution in [0.3, 0.4) is 0 Å². The quantitative estimate of drug-likeness (QED) is 0.701. The van der Waals surface area contributed by atoms with Gasteiger partial charge in [0, 0.05) is 18.1 Å². The third kappa shape index (κ3) is 3.32. The van der Waals surface area contributed by atoms with Gasteiger partial charge >= 0.3 is 5.97 Å². The minimum Gasteiger partial charge on any atom is -0.321 e. The number of rotatable bonds is 8. The minimum atomic E-state index is -1.28. The smallest absolute Gasteiger partial charge is 0.321 e. The molecule has 0 saturated heterocycles. The Bertz CT molecular complexity index is 522. The van der Waals surface area contributed by atoms with Gasteiger partial charge in [-0.05, 0) is 32.9 Å². The molecule has 0 fully saturated rings. The van der Waals surface area contributed by atoms with Crippen molar-refractivity contribution in [3.05, 3.63) is 48.5 Å². The van der Waals surface area contributed by atoms with Crippen LogP contribution in [0.15, 0.2) is 42.7 Å². The van der Waals surface area contributed by atoms with Gasteiger partial charge in [-0.25, -0.2) is 4.98 Å². The second-order valence-electron chi connectivity index (χ2n) is 4.31. The van der Waals surface area contributed by atoms with Gasteiger partial charge in [-0.3, -0.25) is 4.57 Å². The molecule has 1 heterocycles. The molecule has 5 nitrogen and oxygen atoms in total. The van der Waals surface area contributed by atoms with Crippen LogP contribution < -0.4 is 0 Å². The molecule has 114 valence electrons. The molecular weight excluding hydrogens is 268 g/mol. The largest absolute Gasteiger partial charge is 0.346 e. The van der Waals surface area contributed by atoms with E-state index in [1.54, 1.807) is 6.20 Å². The fraction of sp³-hybridized carbons (Fsp3) is 0.438. The van der Waals surface area contributed by atoms with Crippen molar-refractivity contribution in [3.8, 4) is 5.69 Å². The molecule has 0 saturated carbocycles. The number of ether oxygens (including phenoxy) is 3. The number of hydrogen-bond donors (Lipinski definition) is 0. The van der Waals surface area contributed by atoms with E-state index in [2.05, 4.69) is 4.98 Å². The van der Waals surface area contributed by atoms with Crippen molar-refractivity contribution in [2.75, 3.05) is 19.8 Å². The van der Waals surface area contributed by atoms with Gasteiger partial charge in [0.15, 0.2) is 0 Å². The van der Waals surface area contributed by atoms with Crippen LogP contribution >= 0.6 is 0 Å². The summed E-state index contributed by atoms with van der Waals surface area (Å²) in [6.07, 6.45) is 3.59. The summed E-state index contributed by atoms with van der Waals surface area (Å²) in [4.78, 5) is 4.41. The number of imidazole rings is 1. The van der Waals surface area contributed by atoms with Gasteiger partial charge in [-0.15, -0.1) is 0 Å². The molecule has 2 rings (SSSR count). The third-order valence-electron chi connectivity index (χ3n) is 2.95. The summed E-state index contributed by atoms with van der Waals surface area (Å²) in [6, 6.07) is 9.92. The van der Waals surface area contributed by atoms with E-state index in [0.717, 1.165) is 5.69 Å². The zero-order valence-corrected chi connectivity index (χ0v) is 12.8. The Hall–Kier alpha value is -1.69. The van der Waals surface area contributed by atoms with Gasteiger partial charge in [0.2, 0.25) is 5.82 Å². The van der Waals surface area contributed by atoms with Crippen LogP contribution in [0, 0.1) is 0 Å². The van der Waals surface area contributed by atoms with Gasteiger partial charge in [0.1, 0.15) is 0 Å². The molecule has 0 spiro atoms. The second kappa shape index (κ2) is 7.36. The van der Waals surface area contributed by atoms with Crippen LogP contribution in [-0.2, 0) is 20.2 Å². The maximum atomic E-state index is 5.79. The molecule has 0 bridgehead atoms. The molecule has 2 aromatic rings. The average Bonchev–Trinajstić information content (AvgIpc) is 2.99. The van der Waals surface area contributed by atoms with Crippen molar-refractivity contribution in [2.24, 2.45) is 0 Å². The van der Waals surface area contributed by atoms with E-state index in [1.165, 1.54) is 0 Å². The molecule has 0 N–H and O–H groups in total. The summed E-state index contributed by atoms with van der Waals surface area (Å²) in [5.41, 5.74) is 0.980. The Kier molecular flexibility index (Phi) is 5.50. The van der Waals surface area contributed by atoms with Gasteiger partial charge in [0.25, 0.3) is 0 Å². The van der Waals surface area contributed by atoms with E-state index in [-0.39, 0.29) is 0 Å². The van der Waals surface area contributed by atoms with Crippen LogP contribution in [0.5, 0.6) is 0 Å². The van der Waals surface area contributed by atoms with E-state index in [1.807, 2.05) is 61.9 Å². The minimum absolute atomic E-state index is 0.460. The molecule has 0 aliphatic rings. The van der Waals surface area contributed by atoms with Crippen molar-refractivity contribution < 1.29 is 14.2 Å². The fourth-order valence-electron chi connectivity index (χ4n) is 2.22. The normalized spacial score (nSPS) is 11.8. The lowest BCUT2D eigenvalue weighted by atomic mass is 10.3. The predicted octanol–water partition coefficient (Wildman–Crippen LogP) is 3.09. The number of benzene rings is 1. The molecule has 0 radical (unpaired) electrons. The summed E-state index contributed by atoms with van der Waals surface area (Å²) in [5, 5.41) is 0. The zero-order valence-electron chi connectivity index (χ0n) is 12.8. The zero-order chi connectivity index (χ0) is 15.1. The van der Waals surface area contributed by atoms with Gasteiger partial charge < -0.3 is 14.2 Å². The first-order chi connectivity index (χ1) is 10.3. The van der Waals surface area contributed by atoms with Crippen molar-refractivity contribution in [1.82, 2.24) is 9.55 Å². The fourth-order valence-corrected chi connectivity index (χ4v) is 2.22. The standard InChI is InChI=1S/C16H22N2O3/c1-4-19-16(20-5-2,21-6-3)15-17-12-13-18(15)14-10-8-7-9-11-14/h7-13H,4-6H2,1-3H3. The first-order valence-electron chi connectivity index (χ1n) is 7.28. The second-order valence-corrected chi connectivity index (χ2v) is 4.31. The lowest BCUT2D eigenvalue weighted by molar-refractivity contribution is -0.394. The molecule has 21 heavy (non-hydrogen) atoms. The topological polar surface area (TPSA) is 45.5 Å². The highest BCUT2D eigenvalue weighted by Crippen LogP contribution is 2.29. The van der Waals surface area contributed by atoms with Crippen LogP contribution in [0.2, 0.25) is 0 Å². The lowest BCUT2D eigenvalue weighted by Gasteiger charge is -2.31. The van der Waals surface area contributed by atoms with Crippen LogP contribution in [0.25, 0.3) is 5.69 Å². The Balaban J connectivity index is 2.48. The highest BCUT2D eigenvalue weighted by atomic mass is 16.9. The summed E-state index contributed by atoms with van der Waals surface area (Å²) in [5.74, 6) is -0.698. The van der Waals surface area contributed by atoms with Crippen LogP contribution in [-0.4, -0.2) is 29.4 Å². The van der Waals surface area contributed by atoms with Crippen LogP contribution in [0.1, 0.15) is 26.6 Å². The summed E-state index contributed by atoms with van der Waals surface area (Å²) in [7, 11) is 0. The Morgan fingerprint density at radius 1 is 0.952 bits per heavy atom. The first kappa shape index (κ1) is 15.7. The molecule has 0 unspecified atom stereocenters. The van der Waals surface area contributed by atoms with E-state index >= 15 is 0 Å². The number of para-hydroxylation sites is 1. The predicted molar refractivity (Wildman–Crippen MR) is 80.1 cm³/mol. The van der Waals surface area contributed by atoms with E-state index in [0.29, 0.717) is 25.6 Å². The molecule has 0 atom stereocenters. The van der Waals surface area contributed by atoms with Crippen molar-refractivity contribution in [2.45, 2.75) is 26.7 Å². The number of hydrogen-bond acceptors (Lipinski definition) is 4. The Labute approximate surface area is 125 Å². The van der Waals surface area contributed by atoms with E-state index in [4.69, 9.17) is 14.2 Å². The highest BCUT2D eigenvalue weighted by molar-refractivity contribution is 5.33. The monoisotopic (exact) mass is 290 g/mol. The maximum absolute atomic E-state index is 5.79. The average molecular weight is 290 g/mol. The molecular formula is C16H22N2O3. The van der Waals surface area contributed by atoms with Gasteiger partial charge in [-0.2, -0.15) is 0 Å². The Morgan fingerprint density at radius 3 is 2.05 bits per heavy atom. The summed E-state index contributed by atoms with van der Waals surface area (Å²) < 4.78 is 19.3. The molecule has 1 aromatic heterocycles. The van der Waals surface area contributed by atoms with Crippen LogP contribution in [0.4, 0.5) is 0 Å². The molecule has 5 heteroatoms. The van der Waals surface area contributed by atoms with Gasteiger partial charge in [0.05, 0.1) is 19.8 Å². The molecule has 1 aromatic carbocycles. The summed E-state index contributed by atoms with van der Waals surface area (Å²) >= 11 is 0. The van der Waals surface area contributed by atoms with Gasteiger partial charge in [-0.1, -0.05) is 18.2 Å². The van der Waals surface area contributed by atoms with Crippen molar-refractivity contribution >= 4 is 0 Å². The lowest BCUT2D eigenvalue weighted by Crippen LogP contribution is -2.39. The highest BCUT2D eigenvalue weighted by Gasteiger charge is 2.40. The first-order valence-corrected chi connectivity index (χ1v) is 7.28. The number of nitrogens with zero attached hydrogens (tertiary/aromatic N) is 2. The molecule has 0 aliphatic carbocycles. The molecule has 0 aliphatic heterocycles. The number of aromatic nitrogens is 2.